The van der Waals surface area contributed by atoms with E-state index in [-0.39, 0.29) is 6.04 Å². The first-order valence-electron chi connectivity index (χ1n) is 7.00. The van der Waals surface area contributed by atoms with Gasteiger partial charge in [-0.3, -0.25) is 0 Å². The molecule has 0 spiro atoms. The Balaban J connectivity index is 2.00. The predicted molar refractivity (Wildman–Crippen MR) is 85.8 cm³/mol. The summed E-state index contributed by atoms with van der Waals surface area (Å²) in [7, 11) is 0. The molecule has 1 saturated carbocycles. The summed E-state index contributed by atoms with van der Waals surface area (Å²) < 4.78 is 0. The Labute approximate surface area is 129 Å². The fraction of sp³-hybridized carbons (Fsp3) is 0.438. The molecule has 0 bridgehead atoms. The van der Waals surface area contributed by atoms with Crippen LogP contribution in [-0.2, 0) is 0 Å². The maximum absolute atomic E-state index is 6.08. The number of thiazole rings is 1. The lowest BCUT2D eigenvalue weighted by Gasteiger charge is -2.19. The highest BCUT2D eigenvalue weighted by molar-refractivity contribution is 7.11. The van der Waals surface area contributed by atoms with Gasteiger partial charge in [0.25, 0.3) is 0 Å². The molecule has 1 unspecified atom stereocenters. The number of nitrogens with one attached hydrogen (secondary N) is 1. The van der Waals surface area contributed by atoms with Gasteiger partial charge in [-0.05, 0) is 56.9 Å². The van der Waals surface area contributed by atoms with Crippen LogP contribution in [0.5, 0.6) is 0 Å². The van der Waals surface area contributed by atoms with E-state index >= 15 is 0 Å². The molecular weight excluding hydrogens is 288 g/mol. The third-order valence-corrected chi connectivity index (χ3v) is 5.19. The van der Waals surface area contributed by atoms with Crippen LogP contribution in [0.1, 0.15) is 45.6 Å². The molecule has 1 aromatic carbocycles. The van der Waals surface area contributed by atoms with E-state index in [0.29, 0.717) is 6.04 Å². The van der Waals surface area contributed by atoms with Crippen molar-refractivity contribution in [2.45, 2.75) is 45.7 Å². The number of rotatable bonds is 4. The molecule has 1 aliphatic carbocycles. The van der Waals surface area contributed by atoms with Crippen molar-refractivity contribution in [2.75, 3.05) is 0 Å². The molecule has 1 N–H and O–H groups in total. The minimum atomic E-state index is 0.192. The minimum Gasteiger partial charge on any atom is -0.301 e. The molecule has 0 radical (unpaired) electrons. The lowest BCUT2D eigenvalue weighted by atomic mass is 10.0. The van der Waals surface area contributed by atoms with Crippen LogP contribution in [0.3, 0.4) is 0 Å². The third kappa shape index (κ3) is 2.90. The molecule has 0 amide bonds. The fourth-order valence-corrected chi connectivity index (χ4v) is 3.59. The van der Waals surface area contributed by atoms with Crippen LogP contribution >= 0.6 is 22.9 Å². The predicted octanol–water partition coefficient (Wildman–Crippen LogP) is 4.56. The van der Waals surface area contributed by atoms with Gasteiger partial charge in [0.15, 0.2) is 0 Å². The second-order valence-electron chi connectivity index (χ2n) is 5.57. The fourth-order valence-electron chi connectivity index (χ4n) is 2.36. The Bertz CT molecular complexity index is 612. The van der Waals surface area contributed by atoms with Gasteiger partial charge in [0.05, 0.1) is 11.7 Å². The highest BCUT2D eigenvalue weighted by Crippen LogP contribution is 2.34. The van der Waals surface area contributed by atoms with Gasteiger partial charge in [0.1, 0.15) is 5.01 Å². The number of nitrogens with zero attached hydrogens (tertiary/aromatic N) is 1. The van der Waals surface area contributed by atoms with Crippen LogP contribution in [-0.4, -0.2) is 11.0 Å². The van der Waals surface area contributed by atoms with E-state index in [2.05, 4.69) is 32.2 Å². The van der Waals surface area contributed by atoms with E-state index in [9.17, 15) is 0 Å². The molecular formula is C16H19ClN2S. The zero-order valence-corrected chi connectivity index (χ0v) is 13.6. The zero-order chi connectivity index (χ0) is 14.3. The molecule has 1 aromatic heterocycles. The number of aryl methyl sites for hydroxylation is 3. The van der Waals surface area contributed by atoms with Crippen LogP contribution in [0.2, 0.25) is 5.02 Å². The second-order valence-corrected chi connectivity index (χ2v) is 7.24. The van der Waals surface area contributed by atoms with E-state index in [1.807, 2.05) is 12.1 Å². The lowest BCUT2D eigenvalue weighted by Crippen LogP contribution is -2.25. The maximum atomic E-state index is 6.08. The summed E-state index contributed by atoms with van der Waals surface area (Å²) in [4.78, 5) is 6.05. The van der Waals surface area contributed by atoms with Gasteiger partial charge in [0.2, 0.25) is 0 Å². The summed E-state index contributed by atoms with van der Waals surface area (Å²) >= 11 is 7.88. The molecule has 106 valence electrons. The molecule has 2 aromatic rings. The Morgan fingerprint density at radius 2 is 2.05 bits per heavy atom. The highest BCUT2D eigenvalue weighted by atomic mass is 35.5. The molecule has 1 fully saturated rings. The highest BCUT2D eigenvalue weighted by Gasteiger charge is 2.29. The standard InChI is InChI=1S/C16H19ClN2S/c1-9-8-12(17)4-7-14(9)15(19-13-5-6-13)16-18-10(2)11(3)20-16/h4,7-8,13,15,19H,5-6H2,1-3H3. The average Bonchev–Trinajstić information content (AvgIpc) is 3.14. The van der Waals surface area contributed by atoms with Crippen molar-refractivity contribution in [3.8, 4) is 0 Å². The lowest BCUT2D eigenvalue weighted by molar-refractivity contribution is 0.595. The van der Waals surface area contributed by atoms with Crippen LogP contribution in [0, 0.1) is 20.8 Å². The van der Waals surface area contributed by atoms with Gasteiger partial charge in [-0.15, -0.1) is 11.3 Å². The molecule has 1 atom stereocenters. The van der Waals surface area contributed by atoms with Gasteiger partial charge in [0, 0.05) is 15.9 Å². The van der Waals surface area contributed by atoms with E-state index < -0.39 is 0 Å². The molecule has 0 aliphatic heterocycles. The topological polar surface area (TPSA) is 24.9 Å². The van der Waals surface area contributed by atoms with Crippen LogP contribution in [0.4, 0.5) is 0 Å². The van der Waals surface area contributed by atoms with E-state index in [0.717, 1.165) is 15.7 Å². The smallest absolute Gasteiger partial charge is 0.115 e. The van der Waals surface area contributed by atoms with Crippen molar-refractivity contribution in [2.24, 2.45) is 0 Å². The molecule has 3 rings (SSSR count). The maximum Gasteiger partial charge on any atom is 0.115 e. The SMILES string of the molecule is Cc1cc(Cl)ccc1C(NC1CC1)c1nc(C)c(C)s1. The number of benzene rings is 1. The van der Waals surface area contributed by atoms with Crippen molar-refractivity contribution in [1.29, 1.82) is 0 Å². The van der Waals surface area contributed by atoms with Gasteiger partial charge < -0.3 is 5.32 Å². The van der Waals surface area contributed by atoms with Crippen molar-refractivity contribution < 1.29 is 0 Å². The number of halogens is 1. The zero-order valence-electron chi connectivity index (χ0n) is 12.0. The Morgan fingerprint density at radius 3 is 2.60 bits per heavy atom. The van der Waals surface area contributed by atoms with Gasteiger partial charge in [-0.2, -0.15) is 0 Å². The van der Waals surface area contributed by atoms with E-state index in [1.54, 1.807) is 11.3 Å². The summed E-state index contributed by atoms with van der Waals surface area (Å²) in [5.74, 6) is 0. The largest absolute Gasteiger partial charge is 0.301 e. The van der Waals surface area contributed by atoms with Crippen LogP contribution < -0.4 is 5.32 Å². The average molecular weight is 307 g/mol. The number of hydrogen-bond donors (Lipinski definition) is 1. The molecule has 1 heterocycles. The second kappa shape index (κ2) is 5.47. The summed E-state index contributed by atoms with van der Waals surface area (Å²) in [6, 6.07) is 6.96. The van der Waals surface area contributed by atoms with Crippen molar-refractivity contribution in [3.05, 3.63) is 49.9 Å². The summed E-state index contributed by atoms with van der Waals surface area (Å²) in [6.45, 7) is 6.34. The Kier molecular flexibility index (Phi) is 3.85. The van der Waals surface area contributed by atoms with E-state index in [1.165, 1.54) is 28.8 Å². The number of aromatic nitrogens is 1. The first kappa shape index (κ1) is 14.1. The van der Waals surface area contributed by atoms with Crippen molar-refractivity contribution >= 4 is 22.9 Å². The quantitative estimate of drug-likeness (QED) is 0.895. The number of hydrogen-bond acceptors (Lipinski definition) is 3. The summed E-state index contributed by atoms with van der Waals surface area (Å²) in [6.07, 6.45) is 2.54. The molecule has 4 heteroatoms. The van der Waals surface area contributed by atoms with Gasteiger partial charge in [-0.25, -0.2) is 4.98 Å². The first-order valence-corrected chi connectivity index (χ1v) is 8.20. The summed E-state index contributed by atoms with van der Waals surface area (Å²) in [5, 5.41) is 5.69. The van der Waals surface area contributed by atoms with Crippen LogP contribution in [0.15, 0.2) is 18.2 Å². The third-order valence-electron chi connectivity index (χ3n) is 3.81. The van der Waals surface area contributed by atoms with Crippen LogP contribution in [0.25, 0.3) is 0 Å². The van der Waals surface area contributed by atoms with Crippen molar-refractivity contribution in [1.82, 2.24) is 10.3 Å². The minimum absolute atomic E-state index is 0.192. The Morgan fingerprint density at radius 1 is 1.30 bits per heavy atom. The molecule has 20 heavy (non-hydrogen) atoms. The molecule has 2 nitrogen and oxygen atoms in total. The van der Waals surface area contributed by atoms with Gasteiger partial charge >= 0.3 is 0 Å². The van der Waals surface area contributed by atoms with Crippen molar-refractivity contribution in [3.63, 3.8) is 0 Å². The van der Waals surface area contributed by atoms with E-state index in [4.69, 9.17) is 16.6 Å². The first-order chi connectivity index (χ1) is 9.54. The molecule has 0 saturated heterocycles. The van der Waals surface area contributed by atoms with Gasteiger partial charge in [-0.1, -0.05) is 17.7 Å². The Hall–Kier alpha value is -0.900. The monoisotopic (exact) mass is 306 g/mol. The summed E-state index contributed by atoms with van der Waals surface area (Å²) in [5.41, 5.74) is 3.65. The normalized spacial score (nSPS) is 16.4. The molecule has 1 aliphatic rings.